The first-order valence-corrected chi connectivity index (χ1v) is 5.50. The Morgan fingerprint density at radius 3 is 3.00 bits per heavy atom. The lowest BCUT2D eigenvalue weighted by Crippen LogP contribution is -2.22. The second-order valence-corrected chi connectivity index (χ2v) is 3.86. The van der Waals surface area contributed by atoms with Gasteiger partial charge in [0.05, 0.1) is 13.3 Å². The van der Waals surface area contributed by atoms with Crippen LogP contribution in [0.25, 0.3) is 0 Å². The van der Waals surface area contributed by atoms with Crippen LogP contribution in [-0.2, 0) is 11.3 Å². The van der Waals surface area contributed by atoms with Crippen molar-refractivity contribution in [1.82, 2.24) is 19.7 Å². The zero-order chi connectivity index (χ0) is 13.8. The van der Waals surface area contributed by atoms with Crippen LogP contribution in [0.1, 0.15) is 5.69 Å². The number of H-pyrrole nitrogens is 1. The van der Waals surface area contributed by atoms with Gasteiger partial charge >= 0.3 is 0 Å². The van der Waals surface area contributed by atoms with Crippen molar-refractivity contribution in [2.24, 2.45) is 0 Å². The third-order valence-corrected chi connectivity index (χ3v) is 2.52. The number of amides is 1. The van der Waals surface area contributed by atoms with Crippen molar-refractivity contribution < 1.29 is 9.53 Å². The highest BCUT2D eigenvalue weighted by Gasteiger charge is 2.09. The van der Waals surface area contributed by atoms with Crippen molar-refractivity contribution in [3.05, 3.63) is 34.5 Å². The number of aryl methyl sites for hydroxylation is 1. The lowest BCUT2D eigenvalue weighted by atomic mass is 10.3. The number of aromatic nitrogens is 4. The molecule has 2 N–H and O–H groups in total. The van der Waals surface area contributed by atoms with Gasteiger partial charge in [0.15, 0.2) is 5.75 Å². The Balaban J connectivity index is 2.14. The van der Waals surface area contributed by atoms with Gasteiger partial charge < -0.3 is 9.30 Å². The van der Waals surface area contributed by atoms with Crippen molar-refractivity contribution in [2.75, 3.05) is 12.4 Å². The Morgan fingerprint density at radius 1 is 1.58 bits per heavy atom. The molecule has 0 aliphatic rings. The number of ether oxygens (including phenoxy) is 1. The molecular weight excluding hydrogens is 250 g/mol. The largest absolute Gasteiger partial charge is 0.491 e. The summed E-state index contributed by atoms with van der Waals surface area (Å²) in [6.45, 7) is 1.78. The normalized spacial score (nSPS) is 10.2. The van der Waals surface area contributed by atoms with E-state index in [0.29, 0.717) is 5.69 Å². The summed E-state index contributed by atoms with van der Waals surface area (Å²) in [6.07, 6.45) is 2.79. The maximum absolute atomic E-state index is 11.8. The molecule has 100 valence electrons. The fraction of sp³-hybridized carbons (Fsp3) is 0.273. The molecule has 8 heteroatoms. The summed E-state index contributed by atoms with van der Waals surface area (Å²) >= 11 is 0. The van der Waals surface area contributed by atoms with Crippen LogP contribution in [-0.4, -0.2) is 32.8 Å². The predicted molar refractivity (Wildman–Crippen MR) is 67.0 cm³/mol. The number of pyridine rings is 1. The maximum atomic E-state index is 11.8. The summed E-state index contributed by atoms with van der Waals surface area (Å²) in [7, 11) is 1.41. The van der Waals surface area contributed by atoms with E-state index in [-0.39, 0.29) is 29.6 Å². The van der Waals surface area contributed by atoms with Crippen molar-refractivity contribution >= 4 is 11.9 Å². The standard InChI is InChI=1S/C11H13N5O3/c1-7-3-8(17)9(19-2)4-16(7)5-10(18)14-11-12-6-13-15-11/h3-4,6H,5H2,1-2H3,(H2,12,13,14,15,18). The first-order chi connectivity index (χ1) is 9.10. The number of nitrogens with one attached hydrogen (secondary N) is 2. The summed E-state index contributed by atoms with van der Waals surface area (Å²) in [6, 6.07) is 1.42. The Bertz CT molecular complexity index is 632. The van der Waals surface area contributed by atoms with E-state index in [2.05, 4.69) is 20.5 Å². The Morgan fingerprint density at radius 2 is 2.37 bits per heavy atom. The first-order valence-electron chi connectivity index (χ1n) is 5.50. The first kappa shape index (κ1) is 12.8. The second kappa shape index (κ2) is 5.34. The minimum absolute atomic E-state index is 0.0448. The van der Waals surface area contributed by atoms with Gasteiger partial charge in [0.2, 0.25) is 17.3 Å². The van der Waals surface area contributed by atoms with Crippen LogP contribution < -0.4 is 15.5 Å². The number of rotatable bonds is 4. The van der Waals surface area contributed by atoms with Crippen LogP contribution in [0.2, 0.25) is 0 Å². The molecule has 0 unspecified atom stereocenters. The third kappa shape index (κ3) is 2.97. The monoisotopic (exact) mass is 263 g/mol. The van der Waals surface area contributed by atoms with E-state index < -0.39 is 0 Å². The smallest absolute Gasteiger partial charge is 0.246 e. The molecule has 0 saturated carbocycles. The molecule has 0 aliphatic carbocycles. The molecular formula is C11H13N5O3. The average molecular weight is 263 g/mol. The molecule has 0 spiro atoms. The van der Waals surface area contributed by atoms with Gasteiger partial charge in [0, 0.05) is 11.8 Å². The maximum Gasteiger partial charge on any atom is 0.246 e. The average Bonchev–Trinajstić information content (AvgIpc) is 2.85. The third-order valence-electron chi connectivity index (χ3n) is 2.52. The topological polar surface area (TPSA) is 102 Å². The predicted octanol–water partition coefficient (Wildman–Crippen LogP) is -0.0779. The molecule has 2 rings (SSSR count). The summed E-state index contributed by atoms with van der Waals surface area (Å²) < 4.78 is 6.55. The molecule has 19 heavy (non-hydrogen) atoms. The molecule has 0 radical (unpaired) electrons. The fourth-order valence-electron chi connectivity index (χ4n) is 1.57. The molecule has 2 aromatic heterocycles. The zero-order valence-corrected chi connectivity index (χ0v) is 10.5. The minimum Gasteiger partial charge on any atom is -0.491 e. The number of nitrogens with zero attached hydrogens (tertiary/aromatic N) is 3. The van der Waals surface area contributed by atoms with Gasteiger partial charge in [0.1, 0.15) is 12.9 Å². The minimum atomic E-state index is -0.287. The van der Waals surface area contributed by atoms with Gasteiger partial charge in [-0.15, -0.1) is 0 Å². The van der Waals surface area contributed by atoms with Gasteiger partial charge in [-0.25, -0.2) is 5.10 Å². The lowest BCUT2D eigenvalue weighted by Gasteiger charge is -2.11. The van der Waals surface area contributed by atoms with Gasteiger partial charge in [-0.05, 0) is 6.92 Å². The number of aromatic amines is 1. The van der Waals surface area contributed by atoms with E-state index in [9.17, 15) is 9.59 Å². The Hall–Kier alpha value is -2.64. The molecule has 8 nitrogen and oxygen atoms in total. The highest BCUT2D eigenvalue weighted by atomic mass is 16.5. The van der Waals surface area contributed by atoms with E-state index in [4.69, 9.17) is 4.74 Å². The molecule has 2 aromatic rings. The number of anilines is 1. The number of hydrogen-bond donors (Lipinski definition) is 2. The van der Waals surface area contributed by atoms with Crippen LogP contribution in [0.15, 0.2) is 23.4 Å². The second-order valence-electron chi connectivity index (χ2n) is 3.86. The number of hydrogen-bond acceptors (Lipinski definition) is 5. The van der Waals surface area contributed by atoms with E-state index in [0.717, 1.165) is 0 Å². The van der Waals surface area contributed by atoms with Crippen LogP contribution in [0.5, 0.6) is 5.75 Å². The molecule has 0 aromatic carbocycles. The van der Waals surface area contributed by atoms with E-state index >= 15 is 0 Å². The van der Waals surface area contributed by atoms with Crippen LogP contribution in [0.4, 0.5) is 5.95 Å². The van der Waals surface area contributed by atoms with Gasteiger partial charge in [0.25, 0.3) is 0 Å². The summed E-state index contributed by atoms with van der Waals surface area (Å²) in [5, 5.41) is 8.68. The van der Waals surface area contributed by atoms with Gasteiger partial charge in [-0.1, -0.05) is 0 Å². The van der Waals surface area contributed by atoms with E-state index in [1.807, 2.05) is 0 Å². The highest BCUT2D eigenvalue weighted by molar-refractivity contribution is 5.88. The van der Waals surface area contributed by atoms with Crippen molar-refractivity contribution in [2.45, 2.75) is 13.5 Å². The summed E-state index contributed by atoms with van der Waals surface area (Å²) in [5.74, 6) is 0.180. The van der Waals surface area contributed by atoms with Crippen molar-refractivity contribution in [3.8, 4) is 5.75 Å². The fourth-order valence-corrected chi connectivity index (χ4v) is 1.57. The summed E-state index contributed by atoms with van der Waals surface area (Å²) in [4.78, 5) is 27.1. The molecule has 0 aliphatic heterocycles. The van der Waals surface area contributed by atoms with Crippen LogP contribution in [0.3, 0.4) is 0 Å². The number of methoxy groups -OCH3 is 1. The van der Waals surface area contributed by atoms with Crippen LogP contribution in [0, 0.1) is 6.92 Å². The molecule has 0 atom stereocenters. The Kier molecular flexibility index (Phi) is 3.60. The van der Waals surface area contributed by atoms with Crippen molar-refractivity contribution in [1.29, 1.82) is 0 Å². The van der Waals surface area contributed by atoms with E-state index in [1.54, 1.807) is 11.5 Å². The number of carbonyl (C=O) groups excluding carboxylic acids is 1. The molecule has 0 saturated heterocycles. The lowest BCUT2D eigenvalue weighted by molar-refractivity contribution is -0.116. The zero-order valence-electron chi connectivity index (χ0n) is 10.5. The molecule has 2 heterocycles. The summed E-state index contributed by atoms with van der Waals surface area (Å²) in [5.41, 5.74) is 0.449. The Labute approximate surface area is 108 Å². The van der Waals surface area contributed by atoms with E-state index in [1.165, 1.54) is 25.7 Å². The highest BCUT2D eigenvalue weighted by Crippen LogP contribution is 2.06. The SMILES string of the molecule is COc1cn(CC(=O)Nc2ncn[nH]2)c(C)cc1=O. The van der Waals surface area contributed by atoms with Gasteiger partial charge in [-0.2, -0.15) is 10.1 Å². The van der Waals surface area contributed by atoms with Crippen LogP contribution >= 0.6 is 0 Å². The van der Waals surface area contributed by atoms with Gasteiger partial charge in [-0.3, -0.25) is 14.9 Å². The molecule has 0 bridgehead atoms. The van der Waals surface area contributed by atoms with Crippen molar-refractivity contribution in [3.63, 3.8) is 0 Å². The molecule has 1 amide bonds. The quantitative estimate of drug-likeness (QED) is 0.803. The number of carbonyl (C=O) groups is 1. The molecule has 0 fully saturated rings.